The molecule has 0 spiro atoms. The monoisotopic (exact) mass is 340 g/mol. The summed E-state index contributed by atoms with van der Waals surface area (Å²) < 4.78 is 2.87. The first kappa shape index (κ1) is 14.1. The number of rotatable bonds is 4. The summed E-state index contributed by atoms with van der Waals surface area (Å²) in [6.07, 6.45) is 5.70. The number of aromatic nitrogens is 2. The maximum atomic E-state index is 12.0. The molecule has 0 aromatic carbocycles. The van der Waals surface area contributed by atoms with Crippen LogP contribution >= 0.6 is 15.9 Å². The second-order valence-electron chi connectivity index (χ2n) is 6.40. The van der Waals surface area contributed by atoms with Gasteiger partial charge in [-0.3, -0.25) is 9.48 Å². The third-order valence-corrected chi connectivity index (χ3v) is 6.30. The van der Waals surface area contributed by atoms with Crippen molar-refractivity contribution in [1.82, 2.24) is 9.78 Å². The summed E-state index contributed by atoms with van der Waals surface area (Å²) in [5, 5.41) is 14.3. The average molecular weight is 341 g/mol. The molecule has 1 N–H and O–H groups in total. The zero-order valence-electron chi connectivity index (χ0n) is 12.0. The van der Waals surface area contributed by atoms with Crippen LogP contribution < -0.4 is 0 Å². The normalized spacial score (nSPS) is 31.9. The van der Waals surface area contributed by atoms with Crippen LogP contribution in [0.2, 0.25) is 0 Å². The van der Waals surface area contributed by atoms with Gasteiger partial charge in [0.05, 0.1) is 21.3 Å². The Bertz CT molecular complexity index is 554. The van der Waals surface area contributed by atoms with Crippen molar-refractivity contribution in [2.75, 3.05) is 0 Å². The van der Waals surface area contributed by atoms with Crippen LogP contribution in [0, 0.1) is 17.3 Å². The molecule has 4 nitrogen and oxygen atoms in total. The third-order valence-electron chi connectivity index (χ3n) is 5.39. The first-order valence-corrected chi connectivity index (χ1v) is 8.21. The molecule has 3 rings (SSSR count). The summed E-state index contributed by atoms with van der Waals surface area (Å²) in [4.78, 5) is 12.0. The van der Waals surface area contributed by atoms with Crippen molar-refractivity contribution < 1.29 is 9.90 Å². The van der Waals surface area contributed by atoms with Gasteiger partial charge in [-0.2, -0.15) is 5.10 Å². The molecule has 2 aliphatic carbocycles. The first-order valence-electron chi connectivity index (χ1n) is 7.41. The van der Waals surface area contributed by atoms with E-state index in [1.54, 1.807) is 0 Å². The quantitative estimate of drug-likeness (QED) is 0.915. The molecular weight excluding hydrogens is 320 g/mol. The Morgan fingerprint density at radius 2 is 2.30 bits per heavy atom. The molecule has 5 heteroatoms. The lowest BCUT2D eigenvalue weighted by molar-refractivity contribution is -0.152. The van der Waals surface area contributed by atoms with Gasteiger partial charge in [0.15, 0.2) is 0 Å². The highest BCUT2D eigenvalue weighted by Gasteiger charge is 2.56. The van der Waals surface area contributed by atoms with Gasteiger partial charge < -0.3 is 5.11 Å². The second-order valence-corrected chi connectivity index (χ2v) is 7.20. The second kappa shape index (κ2) is 4.86. The van der Waals surface area contributed by atoms with Crippen molar-refractivity contribution >= 4 is 21.9 Å². The Balaban J connectivity index is 1.96. The number of fused-ring (bicyclic) bond motifs is 2. The average Bonchev–Trinajstić information content (AvgIpc) is 3.07. The highest BCUT2D eigenvalue weighted by molar-refractivity contribution is 9.10. The van der Waals surface area contributed by atoms with Crippen molar-refractivity contribution in [3.05, 3.63) is 15.9 Å². The number of aryl methyl sites for hydroxylation is 2. The van der Waals surface area contributed by atoms with E-state index in [0.717, 1.165) is 41.5 Å². The molecule has 110 valence electrons. The van der Waals surface area contributed by atoms with E-state index in [-0.39, 0.29) is 0 Å². The largest absolute Gasteiger partial charge is 0.481 e. The predicted octanol–water partition coefficient (Wildman–Crippen LogP) is 3.18. The topological polar surface area (TPSA) is 55.1 Å². The van der Waals surface area contributed by atoms with E-state index >= 15 is 0 Å². The summed E-state index contributed by atoms with van der Waals surface area (Å²) >= 11 is 3.62. The van der Waals surface area contributed by atoms with Gasteiger partial charge in [0.25, 0.3) is 0 Å². The van der Waals surface area contributed by atoms with Gasteiger partial charge in [-0.1, -0.05) is 13.3 Å². The number of hydrogen-bond acceptors (Lipinski definition) is 2. The van der Waals surface area contributed by atoms with E-state index in [0.29, 0.717) is 18.3 Å². The predicted molar refractivity (Wildman–Crippen MR) is 79.5 cm³/mol. The molecule has 1 heterocycles. The molecule has 0 aliphatic heterocycles. The fourth-order valence-electron chi connectivity index (χ4n) is 4.31. The molecule has 1 aromatic heterocycles. The lowest BCUT2D eigenvalue weighted by atomic mass is 9.70. The van der Waals surface area contributed by atoms with Crippen LogP contribution in [0.4, 0.5) is 0 Å². The molecule has 2 aliphatic rings. The summed E-state index contributed by atoms with van der Waals surface area (Å²) in [6, 6.07) is 0. The van der Waals surface area contributed by atoms with E-state index in [2.05, 4.69) is 28.0 Å². The molecule has 0 radical (unpaired) electrons. The smallest absolute Gasteiger partial charge is 0.310 e. The van der Waals surface area contributed by atoms with E-state index in [1.807, 2.05) is 11.7 Å². The van der Waals surface area contributed by atoms with Crippen LogP contribution in [0.3, 0.4) is 0 Å². The van der Waals surface area contributed by atoms with Crippen LogP contribution in [0.15, 0.2) is 4.47 Å². The minimum absolute atomic E-state index is 0.344. The fourth-order valence-corrected chi connectivity index (χ4v) is 5.07. The maximum absolute atomic E-state index is 12.0. The van der Waals surface area contributed by atoms with Crippen LogP contribution in [0.25, 0.3) is 0 Å². The minimum Gasteiger partial charge on any atom is -0.481 e. The lowest BCUT2D eigenvalue weighted by Gasteiger charge is -2.33. The molecule has 20 heavy (non-hydrogen) atoms. The molecule has 0 amide bonds. The molecule has 0 saturated heterocycles. The number of carbonyl (C=O) groups is 1. The molecular formula is C15H21BrN2O2. The summed E-state index contributed by atoms with van der Waals surface area (Å²) in [7, 11) is 1.92. The minimum atomic E-state index is -0.615. The van der Waals surface area contributed by atoms with Crippen molar-refractivity contribution in [2.24, 2.45) is 24.3 Å². The molecule has 2 saturated carbocycles. The first-order chi connectivity index (χ1) is 9.48. The summed E-state index contributed by atoms with van der Waals surface area (Å²) in [6.45, 7) is 2.07. The van der Waals surface area contributed by atoms with Gasteiger partial charge in [-0.15, -0.1) is 0 Å². The zero-order valence-corrected chi connectivity index (χ0v) is 13.6. The van der Waals surface area contributed by atoms with Crippen LogP contribution in [0.1, 0.15) is 44.0 Å². The van der Waals surface area contributed by atoms with Crippen molar-refractivity contribution in [3.63, 3.8) is 0 Å². The van der Waals surface area contributed by atoms with Crippen LogP contribution in [0.5, 0.6) is 0 Å². The van der Waals surface area contributed by atoms with Gasteiger partial charge in [-0.25, -0.2) is 0 Å². The van der Waals surface area contributed by atoms with Gasteiger partial charge in [0, 0.05) is 13.5 Å². The fraction of sp³-hybridized carbons (Fsp3) is 0.733. The van der Waals surface area contributed by atoms with Gasteiger partial charge in [-0.05, 0) is 53.4 Å². The number of hydrogen-bond donors (Lipinski definition) is 1. The molecule has 3 atom stereocenters. The van der Waals surface area contributed by atoms with Crippen molar-refractivity contribution in [1.29, 1.82) is 0 Å². The summed E-state index contributed by atoms with van der Waals surface area (Å²) in [5.74, 6) is 0.349. The maximum Gasteiger partial charge on any atom is 0.310 e. The number of halogens is 1. The lowest BCUT2D eigenvalue weighted by Crippen LogP contribution is -2.39. The number of aliphatic carboxylic acids is 1. The van der Waals surface area contributed by atoms with E-state index in [9.17, 15) is 9.90 Å². The Labute approximate surface area is 127 Å². The van der Waals surface area contributed by atoms with Crippen LogP contribution in [-0.4, -0.2) is 20.9 Å². The molecule has 1 aromatic rings. The molecule has 2 bridgehead atoms. The van der Waals surface area contributed by atoms with E-state index in [4.69, 9.17) is 0 Å². The SMILES string of the molecule is CCc1nn(C)c(CC2(C(=O)O)CC3CCC2C3)c1Br. The van der Waals surface area contributed by atoms with Crippen molar-refractivity contribution in [3.8, 4) is 0 Å². The molecule has 3 unspecified atom stereocenters. The van der Waals surface area contributed by atoms with Crippen molar-refractivity contribution in [2.45, 2.75) is 45.4 Å². The van der Waals surface area contributed by atoms with E-state index < -0.39 is 11.4 Å². The molecule has 2 fully saturated rings. The Hall–Kier alpha value is -0.840. The third kappa shape index (κ3) is 1.93. The Kier molecular flexibility index (Phi) is 3.43. The van der Waals surface area contributed by atoms with E-state index in [1.165, 1.54) is 6.42 Å². The van der Waals surface area contributed by atoms with Gasteiger partial charge in [0.2, 0.25) is 0 Å². The van der Waals surface area contributed by atoms with Gasteiger partial charge in [0.1, 0.15) is 0 Å². The zero-order chi connectivity index (χ0) is 14.5. The number of carboxylic acid groups (broad SMARTS) is 1. The number of carboxylic acids is 1. The Morgan fingerprint density at radius 3 is 2.75 bits per heavy atom. The highest BCUT2D eigenvalue weighted by atomic mass is 79.9. The standard InChI is InChI=1S/C15H21BrN2O2/c1-3-11-13(16)12(18(2)17-11)8-15(14(19)20)7-9-4-5-10(15)6-9/h9-10H,3-8H2,1-2H3,(H,19,20). The number of nitrogens with zero attached hydrogens (tertiary/aromatic N) is 2. The van der Waals surface area contributed by atoms with Crippen LogP contribution in [-0.2, 0) is 24.7 Å². The van der Waals surface area contributed by atoms with Gasteiger partial charge >= 0.3 is 5.97 Å². The summed E-state index contributed by atoms with van der Waals surface area (Å²) in [5.41, 5.74) is 1.49. The Morgan fingerprint density at radius 1 is 1.55 bits per heavy atom. The highest BCUT2D eigenvalue weighted by Crippen LogP contribution is 2.57.